The fourth-order valence-corrected chi connectivity index (χ4v) is 5.53. The molecule has 1 aliphatic rings. The molecule has 2 aromatic rings. The van der Waals surface area contributed by atoms with E-state index in [0.717, 1.165) is 30.1 Å². The molecule has 110 valence electrons. The highest BCUT2D eigenvalue weighted by Gasteiger charge is 2.26. The number of hydrogen-bond donors (Lipinski definition) is 0. The van der Waals surface area contributed by atoms with Gasteiger partial charge in [0.15, 0.2) is 0 Å². The van der Waals surface area contributed by atoms with Gasteiger partial charge in [0.2, 0.25) is 0 Å². The zero-order valence-corrected chi connectivity index (χ0v) is 13.6. The minimum atomic E-state index is -2.22. The summed E-state index contributed by atoms with van der Waals surface area (Å²) < 4.78 is 12.0. The molecule has 1 atom stereocenters. The van der Waals surface area contributed by atoms with Crippen molar-refractivity contribution in [2.75, 3.05) is 13.2 Å². The van der Waals surface area contributed by atoms with Crippen molar-refractivity contribution in [2.45, 2.75) is 18.9 Å². The van der Waals surface area contributed by atoms with Gasteiger partial charge in [0.1, 0.15) is 6.26 Å². The van der Waals surface area contributed by atoms with Gasteiger partial charge in [-0.05, 0) is 12.8 Å². The lowest BCUT2D eigenvalue weighted by atomic mass is 10.2. The Morgan fingerprint density at radius 1 is 1.00 bits per heavy atom. The van der Waals surface area contributed by atoms with E-state index >= 15 is 0 Å². The van der Waals surface area contributed by atoms with E-state index in [1.54, 1.807) is 0 Å². The highest BCUT2D eigenvalue weighted by molar-refractivity contribution is 8.19. The normalized spacial score (nSPS) is 18.8. The third-order valence-corrected chi connectivity index (χ3v) is 7.71. The van der Waals surface area contributed by atoms with Crippen molar-refractivity contribution in [2.24, 2.45) is 0 Å². The van der Waals surface area contributed by atoms with Crippen LogP contribution in [0.5, 0.6) is 0 Å². The Morgan fingerprint density at radius 3 is 2.05 bits per heavy atom. The summed E-state index contributed by atoms with van der Waals surface area (Å²) in [5.74, 6) is 0. The number of hydrogen-bond acceptors (Lipinski definition) is 3. The molecule has 1 unspecified atom stereocenters. The number of benzene rings is 2. The average Bonchev–Trinajstić information content (AvgIpc) is 3.08. The van der Waals surface area contributed by atoms with Crippen LogP contribution in [0.25, 0.3) is 0 Å². The zero-order chi connectivity index (χ0) is 14.5. The minimum absolute atomic E-state index is 0.194. The van der Waals surface area contributed by atoms with Crippen LogP contribution in [0.2, 0.25) is 0 Å². The summed E-state index contributed by atoms with van der Waals surface area (Å²) in [5.41, 5.74) is 0. The molecular formula is C17H19O2PS. The fourth-order valence-electron chi connectivity index (χ4n) is 2.51. The minimum Gasteiger partial charge on any atom is -0.376 e. The van der Waals surface area contributed by atoms with E-state index in [2.05, 4.69) is 24.3 Å². The molecule has 0 aliphatic carbocycles. The van der Waals surface area contributed by atoms with Crippen molar-refractivity contribution in [3.05, 3.63) is 60.7 Å². The largest absolute Gasteiger partial charge is 0.376 e. The first-order valence-corrected chi connectivity index (χ1v) is 9.98. The van der Waals surface area contributed by atoms with Gasteiger partial charge in [-0.15, -0.1) is 0 Å². The Morgan fingerprint density at radius 2 is 1.57 bits per heavy atom. The molecule has 0 radical (unpaired) electrons. The standard InChI is InChI=1S/C17H19O2PS/c21-20(16-9-3-1-4-10-16,17-11-5-2-6-12-17)19-14-15-8-7-13-18-15/h1-6,9-12,15H,7-8,13-14H2. The number of ether oxygens (including phenoxy) is 1. The maximum Gasteiger partial charge on any atom is 0.123 e. The molecule has 1 saturated heterocycles. The van der Waals surface area contributed by atoms with E-state index in [1.807, 2.05) is 36.4 Å². The molecular weight excluding hydrogens is 299 g/mol. The van der Waals surface area contributed by atoms with Crippen LogP contribution < -0.4 is 10.6 Å². The van der Waals surface area contributed by atoms with E-state index in [0.29, 0.717) is 6.61 Å². The van der Waals surface area contributed by atoms with Crippen molar-refractivity contribution in [3.8, 4) is 0 Å². The van der Waals surface area contributed by atoms with Crippen molar-refractivity contribution in [1.29, 1.82) is 0 Å². The van der Waals surface area contributed by atoms with Gasteiger partial charge >= 0.3 is 0 Å². The topological polar surface area (TPSA) is 18.5 Å². The van der Waals surface area contributed by atoms with Gasteiger partial charge in [-0.25, -0.2) is 0 Å². The van der Waals surface area contributed by atoms with Crippen LogP contribution in [0.4, 0.5) is 0 Å². The van der Waals surface area contributed by atoms with Crippen molar-refractivity contribution in [3.63, 3.8) is 0 Å². The van der Waals surface area contributed by atoms with Crippen LogP contribution in [0.1, 0.15) is 12.8 Å². The molecule has 0 aromatic heterocycles. The predicted octanol–water partition coefficient (Wildman–Crippen LogP) is 3.23. The van der Waals surface area contributed by atoms with Gasteiger partial charge in [0.25, 0.3) is 0 Å². The molecule has 2 nitrogen and oxygen atoms in total. The molecule has 0 spiro atoms. The Balaban J connectivity index is 1.89. The Bertz CT molecular complexity index is 566. The van der Waals surface area contributed by atoms with Crippen LogP contribution in [-0.2, 0) is 21.1 Å². The van der Waals surface area contributed by atoms with Gasteiger partial charge in [0.05, 0.1) is 12.7 Å². The van der Waals surface area contributed by atoms with Gasteiger partial charge in [-0.1, -0.05) is 72.5 Å². The molecule has 1 heterocycles. The van der Waals surface area contributed by atoms with Gasteiger partial charge in [0, 0.05) is 17.2 Å². The third-order valence-electron chi connectivity index (χ3n) is 3.66. The van der Waals surface area contributed by atoms with Gasteiger partial charge < -0.3 is 9.26 Å². The van der Waals surface area contributed by atoms with E-state index in [-0.39, 0.29) is 6.10 Å². The molecule has 1 fully saturated rings. The molecule has 0 bridgehead atoms. The third kappa shape index (κ3) is 3.44. The van der Waals surface area contributed by atoms with Crippen LogP contribution in [0.3, 0.4) is 0 Å². The van der Waals surface area contributed by atoms with Crippen molar-refractivity contribution >= 4 is 28.7 Å². The molecule has 3 rings (SSSR count). The fraction of sp³-hybridized carbons (Fsp3) is 0.294. The second kappa shape index (κ2) is 6.85. The van der Waals surface area contributed by atoms with Gasteiger partial charge in [-0.2, -0.15) is 0 Å². The van der Waals surface area contributed by atoms with Crippen LogP contribution in [0, 0.1) is 0 Å². The monoisotopic (exact) mass is 318 g/mol. The molecule has 2 aromatic carbocycles. The first kappa shape index (κ1) is 14.9. The molecule has 0 N–H and O–H groups in total. The van der Waals surface area contributed by atoms with Crippen LogP contribution in [0.15, 0.2) is 60.7 Å². The summed E-state index contributed by atoms with van der Waals surface area (Å²) in [6.07, 6.45) is 0.158. The summed E-state index contributed by atoms with van der Waals surface area (Å²) in [5, 5.41) is 2.20. The molecule has 1 aliphatic heterocycles. The van der Waals surface area contributed by atoms with Crippen molar-refractivity contribution in [1.82, 2.24) is 0 Å². The van der Waals surface area contributed by atoms with Gasteiger partial charge in [-0.3, -0.25) is 0 Å². The van der Waals surface area contributed by atoms with Crippen molar-refractivity contribution < 1.29 is 9.26 Å². The predicted molar refractivity (Wildman–Crippen MR) is 91.4 cm³/mol. The first-order valence-electron chi connectivity index (χ1n) is 7.26. The van der Waals surface area contributed by atoms with E-state index in [9.17, 15) is 0 Å². The summed E-state index contributed by atoms with van der Waals surface area (Å²) >= 11 is 6.00. The average molecular weight is 318 g/mol. The van der Waals surface area contributed by atoms with E-state index < -0.39 is 6.26 Å². The smallest absolute Gasteiger partial charge is 0.123 e. The summed E-state index contributed by atoms with van der Waals surface area (Å²) in [6, 6.07) is 20.4. The molecule has 4 heteroatoms. The molecule has 0 saturated carbocycles. The maximum absolute atomic E-state index is 6.29. The first-order chi connectivity index (χ1) is 10.3. The summed E-state index contributed by atoms with van der Waals surface area (Å²) in [7, 11) is 0. The quantitative estimate of drug-likeness (QED) is 0.789. The summed E-state index contributed by atoms with van der Waals surface area (Å²) in [4.78, 5) is 0. The Hall–Kier alpha value is -0.990. The lowest BCUT2D eigenvalue weighted by Crippen LogP contribution is -2.22. The number of rotatable bonds is 5. The van der Waals surface area contributed by atoms with E-state index in [1.165, 1.54) is 0 Å². The Labute approximate surface area is 131 Å². The highest BCUT2D eigenvalue weighted by atomic mass is 32.4. The SMILES string of the molecule is S=P(OCC1CCCO1)(c1ccccc1)c1ccccc1. The van der Waals surface area contributed by atoms with Crippen LogP contribution >= 0.6 is 6.26 Å². The lowest BCUT2D eigenvalue weighted by molar-refractivity contribution is 0.0729. The van der Waals surface area contributed by atoms with E-state index in [4.69, 9.17) is 21.1 Å². The molecule has 21 heavy (non-hydrogen) atoms. The summed E-state index contributed by atoms with van der Waals surface area (Å²) in [6.45, 7) is 1.43. The zero-order valence-electron chi connectivity index (χ0n) is 11.9. The lowest BCUT2D eigenvalue weighted by Gasteiger charge is -2.25. The van der Waals surface area contributed by atoms with Crippen LogP contribution in [-0.4, -0.2) is 19.3 Å². The Kier molecular flexibility index (Phi) is 4.87. The second-order valence-electron chi connectivity index (χ2n) is 5.15. The molecule has 0 amide bonds. The highest BCUT2D eigenvalue weighted by Crippen LogP contribution is 2.45. The maximum atomic E-state index is 6.29. The second-order valence-corrected chi connectivity index (χ2v) is 9.09.